The largest absolute Gasteiger partial charge is 0.456 e. The maximum atomic E-state index is 8.80. The number of aromatic nitrogens is 4. The van der Waals surface area contributed by atoms with Gasteiger partial charge in [-0.2, -0.15) is 0 Å². The van der Waals surface area contributed by atoms with Crippen LogP contribution in [0.2, 0.25) is 0 Å². The van der Waals surface area contributed by atoms with Crippen molar-refractivity contribution in [3.05, 3.63) is 158 Å². The van der Waals surface area contributed by atoms with Crippen LogP contribution >= 0.6 is 11.3 Å². The normalized spacial score (nSPS) is 13.3. The van der Waals surface area contributed by atoms with Crippen molar-refractivity contribution < 1.29 is 11.3 Å². The van der Waals surface area contributed by atoms with Gasteiger partial charge in [0.2, 0.25) is 0 Å². The van der Waals surface area contributed by atoms with Crippen molar-refractivity contribution in [3.8, 4) is 39.9 Å². The molecule has 0 fully saturated rings. The molecule has 7 aromatic carbocycles. The molecule has 4 aromatic heterocycles. The lowest BCUT2D eigenvalue weighted by atomic mass is 10.1. The monoisotopic (exact) mass is 675 g/mol. The topological polar surface area (TPSA) is 56.7 Å². The minimum atomic E-state index is -0.481. The van der Waals surface area contributed by atoms with E-state index in [1.165, 1.54) is 10.8 Å². The van der Waals surface area contributed by atoms with Crippen LogP contribution in [0.1, 0.15) is 6.85 Å². The Morgan fingerprint density at radius 3 is 1.92 bits per heavy atom. The van der Waals surface area contributed by atoms with Crippen LogP contribution in [0, 0.1) is 0 Å². The minimum Gasteiger partial charge on any atom is -0.456 e. The van der Waals surface area contributed by atoms with Crippen LogP contribution in [0.25, 0.3) is 104 Å². The molecule has 0 unspecified atom stereocenters. The lowest BCUT2D eigenvalue weighted by molar-refractivity contribution is 0.669. The Balaban J connectivity index is 1.15. The van der Waals surface area contributed by atoms with Gasteiger partial charge in [-0.3, -0.25) is 0 Å². The molecule has 51 heavy (non-hydrogen) atoms. The summed E-state index contributed by atoms with van der Waals surface area (Å²) in [4.78, 5) is 14.7. The molecule has 6 heteroatoms. The fraction of sp³-hybridized carbons (Fsp3) is 0. The highest BCUT2D eigenvalue weighted by atomic mass is 32.1. The zero-order valence-electron chi connectivity index (χ0n) is 31.7. The number of fused-ring (bicyclic) bond motifs is 9. The molecule has 0 saturated heterocycles. The number of hydrogen-bond donors (Lipinski definition) is 0. The van der Waals surface area contributed by atoms with Gasteiger partial charge in [-0.05, 0) is 60.7 Å². The summed E-state index contributed by atoms with van der Waals surface area (Å²) in [5.74, 6) is 0.621. The third-order valence-electron chi connectivity index (χ3n) is 9.55. The first-order valence-corrected chi connectivity index (χ1v) is 17.3. The number of para-hydroxylation sites is 2. The first kappa shape index (κ1) is 23.7. The van der Waals surface area contributed by atoms with Gasteiger partial charge >= 0.3 is 0 Å². The van der Waals surface area contributed by atoms with E-state index < -0.39 is 18.1 Å². The molecule has 0 aliphatic carbocycles. The predicted octanol–water partition coefficient (Wildman–Crippen LogP) is 12.2. The maximum absolute atomic E-state index is 8.80. The van der Waals surface area contributed by atoms with Crippen LogP contribution in [-0.4, -0.2) is 19.5 Å². The molecule has 0 aliphatic rings. The zero-order chi connectivity index (χ0) is 37.8. The van der Waals surface area contributed by atoms with Crippen LogP contribution in [0.5, 0.6) is 0 Å². The summed E-state index contributed by atoms with van der Waals surface area (Å²) < 4.78 is 53.3. The van der Waals surface area contributed by atoms with E-state index in [2.05, 4.69) is 83.4 Å². The van der Waals surface area contributed by atoms with Crippen LogP contribution < -0.4 is 0 Å². The number of nitrogens with zero attached hydrogens (tertiary/aromatic N) is 4. The first-order valence-electron chi connectivity index (χ1n) is 19.0. The van der Waals surface area contributed by atoms with Crippen LogP contribution in [-0.2, 0) is 0 Å². The molecule has 11 aromatic rings. The average Bonchev–Trinajstić information content (AvgIpc) is 3.91. The van der Waals surface area contributed by atoms with Gasteiger partial charge in [0, 0.05) is 64.1 Å². The highest BCUT2D eigenvalue weighted by Gasteiger charge is 2.19. The third-order valence-corrected chi connectivity index (χ3v) is 10.8. The molecule has 0 spiro atoms. The summed E-state index contributed by atoms with van der Waals surface area (Å²) in [5.41, 5.74) is 5.95. The van der Waals surface area contributed by atoms with Gasteiger partial charge in [0.05, 0.1) is 17.9 Å². The van der Waals surface area contributed by atoms with E-state index in [0.717, 1.165) is 58.8 Å². The third kappa shape index (κ3) is 4.37. The Morgan fingerprint density at radius 2 is 1.14 bits per heavy atom. The van der Waals surface area contributed by atoms with Gasteiger partial charge in [0.1, 0.15) is 11.2 Å². The van der Waals surface area contributed by atoms with Crippen molar-refractivity contribution >= 4 is 75.3 Å². The molecule has 0 amide bonds. The van der Waals surface area contributed by atoms with Gasteiger partial charge < -0.3 is 8.98 Å². The van der Waals surface area contributed by atoms with Gasteiger partial charge in [-0.1, -0.05) is 96.9 Å². The van der Waals surface area contributed by atoms with Crippen molar-refractivity contribution in [2.75, 3.05) is 0 Å². The van der Waals surface area contributed by atoms with Crippen molar-refractivity contribution in [1.29, 1.82) is 0 Å². The lowest BCUT2D eigenvalue weighted by Gasteiger charge is -2.09. The van der Waals surface area contributed by atoms with Crippen molar-refractivity contribution in [2.45, 2.75) is 0 Å². The van der Waals surface area contributed by atoms with E-state index in [4.69, 9.17) is 26.2 Å². The second kappa shape index (κ2) is 10.9. The van der Waals surface area contributed by atoms with Crippen LogP contribution in [0.3, 0.4) is 0 Å². The number of benzene rings is 7. The SMILES string of the molecule is [2H]c1c([2H])c([2H])c(-c2nc(-c3ccc4oc5ccc(-n6c7ccccc7c7ccccc76)cc5c4c3)nc(-c3cccc4c3sc3ccccc34)n2)c([2H])c1[2H]. The second-order valence-corrected chi connectivity index (χ2v) is 13.5. The van der Waals surface area contributed by atoms with Gasteiger partial charge in [0.25, 0.3) is 0 Å². The molecule has 0 atom stereocenters. The summed E-state index contributed by atoms with van der Waals surface area (Å²) in [6.45, 7) is 0. The minimum absolute atomic E-state index is 0.00841. The first-order chi connectivity index (χ1) is 27.3. The molecule has 0 aliphatic heterocycles. The van der Waals surface area contributed by atoms with Crippen LogP contribution in [0.4, 0.5) is 0 Å². The molecule has 0 bridgehead atoms. The standard InChI is InChI=1S/C45H26N4OS/c1-2-11-27(12-3-1)43-46-44(48-45(47-43)34-17-10-16-33-32-15-6-9-20-41(32)51-42(33)34)28-21-23-39-35(25-28)36-26-29(22-24-40(36)50-39)49-37-18-7-4-13-30(37)31-14-5-8-19-38(31)49/h1-26H/i1D,2D,3D,11D,12D. The van der Waals surface area contributed by atoms with Gasteiger partial charge in [-0.15, -0.1) is 11.3 Å². The summed E-state index contributed by atoms with van der Waals surface area (Å²) >= 11 is 1.63. The highest BCUT2D eigenvalue weighted by Crippen LogP contribution is 2.40. The Labute approximate surface area is 302 Å². The van der Waals surface area contributed by atoms with E-state index in [0.29, 0.717) is 22.8 Å². The van der Waals surface area contributed by atoms with Gasteiger partial charge in [-0.25, -0.2) is 15.0 Å². The van der Waals surface area contributed by atoms with E-state index >= 15 is 0 Å². The average molecular weight is 676 g/mol. The van der Waals surface area contributed by atoms with E-state index in [1.54, 1.807) is 11.3 Å². The highest BCUT2D eigenvalue weighted by molar-refractivity contribution is 7.26. The molecule has 4 heterocycles. The summed E-state index contributed by atoms with van der Waals surface area (Å²) in [7, 11) is 0. The van der Waals surface area contributed by atoms with Crippen LogP contribution in [0.15, 0.2) is 162 Å². The van der Waals surface area contributed by atoms with Crippen molar-refractivity contribution in [1.82, 2.24) is 19.5 Å². The van der Waals surface area contributed by atoms with Crippen molar-refractivity contribution in [3.63, 3.8) is 0 Å². The molecule has 0 saturated carbocycles. The molecule has 238 valence electrons. The molecule has 0 N–H and O–H groups in total. The Kier molecular flexibility index (Phi) is 5.08. The summed E-state index contributed by atoms with van der Waals surface area (Å²) in [6.07, 6.45) is 0. The number of furan rings is 1. The smallest absolute Gasteiger partial charge is 0.165 e. The molecular weight excluding hydrogens is 645 g/mol. The summed E-state index contributed by atoms with van der Waals surface area (Å²) in [5, 5.41) is 6.30. The maximum Gasteiger partial charge on any atom is 0.165 e. The molecule has 5 nitrogen and oxygen atoms in total. The Bertz CT molecular complexity index is 3380. The fourth-order valence-corrected chi connectivity index (χ4v) is 8.48. The van der Waals surface area contributed by atoms with E-state index in [9.17, 15) is 0 Å². The quantitative estimate of drug-likeness (QED) is 0.186. The fourth-order valence-electron chi connectivity index (χ4n) is 7.27. The predicted molar refractivity (Wildman–Crippen MR) is 211 cm³/mol. The second-order valence-electron chi connectivity index (χ2n) is 12.4. The van der Waals surface area contributed by atoms with E-state index in [-0.39, 0.29) is 23.5 Å². The summed E-state index contributed by atoms with van der Waals surface area (Å²) in [6, 6.07) is 40.8. The number of thiophene rings is 1. The lowest BCUT2D eigenvalue weighted by Crippen LogP contribution is -2.00. The van der Waals surface area contributed by atoms with Gasteiger partial charge in [0.15, 0.2) is 17.5 Å². The van der Waals surface area contributed by atoms with Crippen molar-refractivity contribution in [2.24, 2.45) is 0 Å². The molecule has 0 radical (unpaired) electrons. The number of hydrogen-bond acceptors (Lipinski definition) is 5. The molecular formula is C45H26N4OS. The number of rotatable bonds is 4. The molecule has 11 rings (SSSR count). The zero-order valence-corrected chi connectivity index (χ0v) is 27.5. The Hall–Kier alpha value is -6.63. The van der Waals surface area contributed by atoms with E-state index in [1.807, 2.05) is 48.5 Å². The Morgan fingerprint density at radius 1 is 0.510 bits per heavy atom.